The van der Waals surface area contributed by atoms with E-state index in [2.05, 4.69) is 15.8 Å². The molecule has 0 aliphatic carbocycles. The Bertz CT molecular complexity index is 809. The number of hydrogen-bond acceptors (Lipinski definition) is 6. The molecule has 148 valence electrons. The zero-order chi connectivity index (χ0) is 20.2. The van der Waals surface area contributed by atoms with Gasteiger partial charge in [0, 0.05) is 13.7 Å². The van der Waals surface area contributed by atoms with Gasteiger partial charge in [-0.1, -0.05) is 30.3 Å². The Balaban J connectivity index is 1.90. The van der Waals surface area contributed by atoms with E-state index >= 15 is 0 Å². The third-order valence-electron chi connectivity index (χ3n) is 3.60. The van der Waals surface area contributed by atoms with Crippen molar-refractivity contribution in [1.82, 2.24) is 10.7 Å². The van der Waals surface area contributed by atoms with E-state index in [1.54, 1.807) is 18.2 Å². The fourth-order valence-electron chi connectivity index (χ4n) is 2.18. The van der Waals surface area contributed by atoms with Crippen molar-refractivity contribution in [3.05, 3.63) is 59.7 Å². The van der Waals surface area contributed by atoms with Crippen LogP contribution in [0.5, 0.6) is 11.5 Å². The van der Waals surface area contributed by atoms with Crippen LogP contribution < -0.4 is 20.2 Å². The van der Waals surface area contributed by atoms with Gasteiger partial charge in [-0.25, -0.2) is 5.43 Å². The van der Waals surface area contributed by atoms with Crippen molar-refractivity contribution in [2.75, 3.05) is 27.4 Å². The quantitative estimate of drug-likeness (QED) is 0.295. The minimum Gasteiger partial charge on any atom is -0.493 e. The number of nitrogens with zero attached hydrogens (tertiary/aromatic N) is 1. The smallest absolute Gasteiger partial charge is 0.329 e. The molecular weight excluding hydrogens is 362 g/mol. The van der Waals surface area contributed by atoms with Gasteiger partial charge in [0.15, 0.2) is 11.5 Å². The van der Waals surface area contributed by atoms with Crippen LogP contribution in [0.1, 0.15) is 11.1 Å². The molecular formula is C20H23N3O5. The van der Waals surface area contributed by atoms with Crippen molar-refractivity contribution in [3.63, 3.8) is 0 Å². The van der Waals surface area contributed by atoms with Gasteiger partial charge in [0.1, 0.15) is 6.61 Å². The topological polar surface area (TPSA) is 98.2 Å². The van der Waals surface area contributed by atoms with Crippen LogP contribution in [-0.2, 0) is 20.9 Å². The van der Waals surface area contributed by atoms with E-state index < -0.39 is 11.8 Å². The summed E-state index contributed by atoms with van der Waals surface area (Å²) in [6, 6.07) is 15.0. The lowest BCUT2D eigenvalue weighted by molar-refractivity contribution is -0.139. The van der Waals surface area contributed by atoms with Gasteiger partial charge in [-0.2, -0.15) is 5.10 Å². The highest BCUT2D eigenvalue weighted by Crippen LogP contribution is 2.28. The van der Waals surface area contributed by atoms with Crippen molar-refractivity contribution in [1.29, 1.82) is 0 Å². The van der Waals surface area contributed by atoms with Gasteiger partial charge in [-0.15, -0.1) is 0 Å². The first-order valence-electron chi connectivity index (χ1n) is 8.59. The van der Waals surface area contributed by atoms with Gasteiger partial charge in [-0.05, 0) is 29.3 Å². The van der Waals surface area contributed by atoms with Crippen LogP contribution >= 0.6 is 0 Å². The first kappa shape index (κ1) is 20.9. The van der Waals surface area contributed by atoms with Crippen LogP contribution in [-0.4, -0.2) is 45.4 Å². The van der Waals surface area contributed by atoms with Crippen molar-refractivity contribution < 1.29 is 23.8 Å². The molecule has 0 aliphatic heterocycles. The van der Waals surface area contributed by atoms with Crippen LogP contribution in [0.3, 0.4) is 0 Å². The predicted molar refractivity (Wildman–Crippen MR) is 104 cm³/mol. The first-order valence-corrected chi connectivity index (χ1v) is 8.59. The molecule has 8 nitrogen and oxygen atoms in total. The zero-order valence-corrected chi connectivity index (χ0v) is 15.8. The summed E-state index contributed by atoms with van der Waals surface area (Å²) >= 11 is 0. The summed E-state index contributed by atoms with van der Waals surface area (Å²) in [6.45, 7) is 0.980. The molecule has 0 heterocycles. The summed E-state index contributed by atoms with van der Waals surface area (Å²) in [5.74, 6) is -0.521. The van der Waals surface area contributed by atoms with Crippen LogP contribution in [0.25, 0.3) is 0 Å². The lowest BCUT2D eigenvalue weighted by Crippen LogP contribution is -2.39. The van der Waals surface area contributed by atoms with Crippen molar-refractivity contribution in [3.8, 4) is 11.5 Å². The van der Waals surface area contributed by atoms with Gasteiger partial charge in [0.05, 0.1) is 19.9 Å². The van der Waals surface area contributed by atoms with Crippen LogP contribution in [0.2, 0.25) is 0 Å². The molecule has 0 saturated heterocycles. The molecule has 28 heavy (non-hydrogen) atoms. The summed E-state index contributed by atoms with van der Waals surface area (Å²) in [4.78, 5) is 23.1. The SMILES string of the molecule is COCCNC(=O)C(=O)N/N=C\c1ccc(OCc2ccccc2)c(OC)c1. The highest BCUT2D eigenvalue weighted by Gasteiger charge is 2.11. The average Bonchev–Trinajstić information content (AvgIpc) is 2.73. The van der Waals surface area contributed by atoms with Crippen LogP contribution in [0.15, 0.2) is 53.6 Å². The van der Waals surface area contributed by atoms with Gasteiger partial charge < -0.3 is 19.5 Å². The van der Waals surface area contributed by atoms with E-state index in [1.165, 1.54) is 20.4 Å². The Labute approximate surface area is 163 Å². The molecule has 0 aliphatic rings. The van der Waals surface area contributed by atoms with Gasteiger partial charge in [-0.3, -0.25) is 9.59 Å². The van der Waals surface area contributed by atoms with Crippen molar-refractivity contribution >= 4 is 18.0 Å². The Morgan fingerprint density at radius 2 is 1.82 bits per heavy atom. The highest BCUT2D eigenvalue weighted by molar-refractivity contribution is 6.35. The highest BCUT2D eigenvalue weighted by atomic mass is 16.5. The number of nitrogens with one attached hydrogen (secondary N) is 2. The standard InChI is InChI=1S/C20H23N3O5/c1-26-11-10-21-19(24)20(25)23-22-13-16-8-9-17(18(12-16)27-2)28-14-15-6-4-3-5-7-15/h3-9,12-13H,10-11,14H2,1-2H3,(H,21,24)(H,23,25)/b22-13-. The second-order valence-corrected chi connectivity index (χ2v) is 5.63. The maximum atomic E-state index is 11.6. The van der Waals surface area contributed by atoms with Gasteiger partial charge >= 0.3 is 11.8 Å². The maximum absolute atomic E-state index is 11.6. The van der Waals surface area contributed by atoms with Crippen molar-refractivity contribution in [2.45, 2.75) is 6.61 Å². The number of methoxy groups -OCH3 is 2. The summed E-state index contributed by atoms with van der Waals surface area (Å²) in [6.07, 6.45) is 1.41. The van der Waals surface area contributed by atoms with E-state index in [0.29, 0.717) is 30.3 Å². The van der Waals surface area contributed by atoms with Crippen LogP contribution in [0, 0.1) is 0 Å². The van der Waals surface area contributed by atoms with E-state index in [-0.39, 0.29) is 6.54 Å². The zero-order valence-electron chi connectivity index (χ0n) is 15.8. The Kier molecular flexibility index (Phi) is 8.48. The molecule has 2 aromatic rings. The molecule has 0 fully saturated rings. The second kappa shape index (κ2) is 11.3. The normalized spacial score (nSPS) is 10.5. The van der Waals surface area contributed by atoms with Gasteiger partial charge in [0.2, 0.25) is 0 Å². The number of hydrazone groups is 1. The molecule has 0 radical (unpaired) electrons. The third kappa shape index (κ3) is 6.73. The minimum atomic E-state index is -0.859. The molecule has 2 N–H and O–H groups in total. The molecule has 0 aromatic heterocycles. The van der Waals surface area contributed by atoms with Crippen molar-refractivity contribution in [2.24, 2.45) is 5.10 Å². The Morgan fingerprint density at radius 3 is 2.54 bits per heavy atom. The molecule has 8 heteroatoms. The second-order valence-electron chi connectivity index (χ2n) is 5.63. The predicted octanol–water partition coefficient (Wildman–Crippen LogP) is 1.49. The maximum Gasteiger partial charge on any atom is 0.329 e. The number of carbonyl (C=O) groups excluding carboxylic acids is 2. The minimum absolute atomic E-state index is 0.244. The fraction of sp³-hybridized carbons (Fsp3) is 0.250. The summed E-state index contributed by atoms with van der Waals surface area (Å²) < 4.78 is 15.9. The van der Waals surface area contributed by atoms with Crippen LogP contribution in [0.4, 0.5) is 0 Å². The molecule has 2 aromatic carbocycles. The van der Waals surface area contributed by atoms with E-state index in [1.807, 2.05) is 30.3 Å². The molecule has 2 amide bonds. The largest absolute Gasteiger partial charge is 0.493 e. The number of amides is 2. The molecule has 0 atom stereocenters. The lowest BCUT2D eigenvalue weighted by atomic mass is 10.2. The molecule has 0 unspecified atom stereocenters. The number of rotatable bonds is 9. The summed E-state index contributed by atoms with van der Waals surface area (Å²) in [5, 5.41) is 6.18. The van der Waals surface area contributed by atoms with Gasteiger partial charge in [0.25, 0.3) is 0 Å². The Hall–Kier alpha value is -3.39. The van der Waals surface area contributed by atoms with E-state index in [9.17, 15) is 9.59 Å². The Morgan fingerprint density at radius 1 is 1.04 bits per heavy atom. The molecule has 0 saturated carbocycles. The first-order chi connectivity index (χ1) is 13.6. The lowest BCUT2D eigenvalue weighted by Gasteiger charge is -2.11. The van der Waals surface area contributed by atoms with E-state index in [4.69, 9.17) is 14.2 Å². The summed E-state index contributed by atoms with van der Waals surface area (Å²) in [7, 11) is 3.04. The average molecular weight is 385 g/mol. The third-order valence-corrected chi connectivity index (χ3v) is 3.60. The monoisotopic (exact) mass is 385 g/mol. The number of ether oxygens (including phenoxy) is 3. The number of benzene rings is 2. The fourth-order valence-corrected chi connectivity index (χ4v) is 2.18. The number of carbonyl (C=O) groups is 2. The molecule has 0 spiro atoms. The van der Waals surface area contributed by atoms with E-state index in [0.717, 1.165) is 5.56 Å². The molecule has 2 rings (SSSR count). The molecule has 0 bridgehead atoms. The summed E-state index contributed by atoms with van der Waals surface area (Å²) in [5.41, 5.74) is 3.88. The number of hydrogen-bond donors (Lipinski definition) is 2.